The highest BCUT2D eigenvalue weighted by Crippen LogP contribution is 2.21. The van der Waals surface area contributed by atoms with E-state index in [0.29, 0.717) is 18.0 Å². The van der Waals surface area contributed by atoms with Gasteiger partial charge in [-0.05, 0) is 56.0 Å². The van der Waals surface area contributed by atoms with Gasteiger partial charge in [0.2, 0.25) is 10.0 Å². The second-order valence-corrected chi connectivity index (χ2v) is 6.85. The summed E-state index contributed by atoms with van der Waals surface area (Å²) in [6.07, 6.45) is 1.85. The van der Waals surface area contributed by atoms with Crippen molar-refractivity contribution in [3.05, 3.63) is 28.8 Å². The smallest absolute Gasteiger partial charge is 0.240 e. The van der Waals surface area contributed by atoms with Crippen LogP contribution in [0.2, 0.25) is 0 Å². The van der Waals surface area contributed by atoms with Crippen molar-refractivity contribution in [3.63, 3.8) is 0 Å². The van der Waals surface area contributed by atoms with Crippen LogP contribution in [0, 0.1) is 13.8 Å². The van der Waals surface area contributed by atoms with E-state index in [4.69, 9.17) is 0 Å². The Balaban J connectivity index is 3.05. The molecule has 0 radical (unpaired) electrons. The summed E-state index contributed by atoms with van der Waals surface area (Å²) in [5.41, 5.74) is 2.85. The Hall–Kier alpha value is -0.910. The summed E-state index contributed by atoms with van der Waals surface area (Å²) in [4.78, 5) is 0.402. The number of hydrogen-bond acceptors (Lipinski definition) is 3. The van der Waals surface area contributed by atoms with Gasteiger partial charge in [-0.15, -0.1) is 0 Å². The van der Waals surface area contributed by atoms with Crippen molar-refractivity contribution in [1.82, 2.24) is 10.0 Å². The van der Waals surface area contributed by atoms with Crippen molar-refractivity contribution in [1.29, 1.82) is 0 Å². The van der Waals surface area contributed by atoms with Crippen LogP contribution >= 0.6 is 0 Å². The molecule has 1 aromatic carbocycles. The third-order valence-corrected chi connectivity index (χ3v) is 4.85. The topological polar surface area (TPSA) is 58.2 Å². The van der Waals surface area contributed by atoms with E-state index in [1.807, 2.05) is 20.8 Å². The third kappa shape index (κ3) is 4.58. The van der Waals surface area contributed by atoms with Gasteiger partial charge in [0.1, 0.15) is 0 Å². The Morgan fingerprint density at radius 1 is 1.05 bits per heavy atom. The molecular formula is C15H26N2O2S. The largest absolute Gasteiger partial charge is 0.313 e. The van der Waals surface area contributed by atoms with Gasteiger partial charge < -0.3 is 5.32 Å². The first-order valence-corrected chi connectivity index (χ1v) is 8.71. The summed E-state index contributed by atoms with van der Waals surface area (Å²) < 4.78 is 27.3. The van der Waals surface area contributed by atoms with E-state index in [0.717, 1.165) is 36.1 Å². The molecule has 0 atom stereocenters. The molecule has 1 rings (SSSR count). The summed E-state index contributed by atoms with van der Waals surface area (Å²) in [7, 11) is -3.41. The molecule has 0 amide bonds. The minimum absolute atomic E-state index is 0.402. The van der Waals surface area contributed by atoms with E-state index in [1.165, 1.54) is 0 Å². The summed E-state index contributed by atoms with van der Waals surface area (Å²) >= 11 is 0. The molecule has 0 spiro atoms. The summed E-state index contributed by atoms with van der Waals surface area (Å²) in [5, 5.41) is 3.30. The summed E-state index contributed by atoms with van der Waals surface area (Å²) in [6, 6.07) is 3.83. The van der Waals surface area contributed by atoms with Crippen LogP contribution in [-0.2, 0) is 16.6 Å². The molecule has 0 fully saturated rings. The van der Waals surface area contributed by atoms with Gasteiger partial charge in [0.25, 0.3) is 0 Å². The monoisotopic (exact) mass is 298 g/mol. The highest BCUT2D eigenvalue weighted by atomic mass is 32.2. The maximum Gasteiger partial charge on any atom is 0.240 e. The maximum absolute atomic E-state index is 12.3. The van der Waals surface area contributed by atoms with Crippen LogP contribution in [0.1, 0.15) is 43.4 Å². The first-order valence-electron chi connectivity index (χ1n) is 7.22. The lowest BCUT2D eigenvalue weighted by atomic mass is 10.1. The minimum Gasteiger partial charge on any atom is -0.313 e. The van der Waals surface area contributed by atoms with Gasteiger partial charge in [-0.3, -0.25) is 0 Å². The van der Waals surface area contributed by atoms with Crippen molar-refractivity contribution in [2.45, 2.75) is 52.0 Å². The van der Waals surface area contributed by atoms with Crippen molar-refractivity contribution in [2.75, 3.05) is 13.1 Å². The second-order valence-electron chi connectivity index (χ2n) is 5.11. The zero-order valence-electron chi connectivity index (χ0n) is 12.9. The average Bonchev–Trinajstić information content (AvgIpc) is 2.40. The first kappa shape index (κ1) is 17.1. The number of aryl methyl sites for hydroxylation is 1. The summed E-state index contributed by atoms with van der Waals surface area (Å²) in [5.74, 6) is 0. The molecule has 0 bridgehead atoms. The lowest BCUT2D eigenvalue weighted by Gasteiger charge is -2.14. The molecular weight excluding hydrogens is 272 g/mol. The molecule has 0 aliphatic heterocycles. The van der Waals surface area contributed by atoms with E-state index in [1.54, 1.807) is 6.07 Å². The van der Waals surface area contributed by atoms with Gasteiger partial charge >= 0.3 is 0 Å². The fourth-order valence-corrected chi connectivity index (χ4v) is 3.50. The van der Waals surface area contributed by atoms with Gasteiger partial charge in [0, 0.05) is 13.1 Å². The predicted molar refractivity (Wildman–Crippen MR) is 83.4 cm³/mol. The highest BCUT2D eigenvalue weighted by Gasteiger charge is 2.18. The van der Waals surface area contributed by atoms with Crippen LogP contribution in [0.4, 0.5) is 0 Å². The number of sulfonamides is 1. The van der Waals surface area contributed by atoms with E-state index < -0.39 is 10.0 Å². The van der Waals surface area contributed by atoms with Crippen molar-refractivity contribution in [2.24, 2.45) is 0 Å². The maximum atomic E-state index is 12.3. The van der Waals surface area contributed by atoms with Crippen LogP contribution in [0.5, 0.6) is 0 Å². The van der Waals surface area contributed by atoms with E-state index >= 15 is 0 Å². The fraction of sp³-hybridized carbons (Fsp3) is 0.600. The molecule has 20 heavy (non-hydrogen) atoms. The normalized spacial score (nSPS) is 11.8. The molecule has 114 valence electrons. The van der Waals surface area contributed by atoms with Crippen LogP contribution in [0.3, 0.4) is 0 Å². The molecule has 2 N–H and O–H groups in total. The second kappa shape index (κ2) is 7.76. The molecule has 0 saturated carbocycles. The van der Waals surface area contributed by atoms with Gasteiger partial charge in [0.15, 0.2) is 0 Å². The summed E-state index contributed by atoms with van der Waals surface area (Å²) in [6.45, 7) is 9.98. The predicted octanol–water partition coefficient (Wildman–Crippen LogP) is 2.49. The molecule has 0 aliphatic rings. The van der Waals surface area contributed by atoms with Crippen LogP contribution < -0.4 is 10.0 Å². The SMILES string of the molecule is CCCNCc1cc(C)c(C)c(S(=O)(=O)NCCC)c1. The molecule has 5 heteroatoms. The average molecular weight is 298 g/mol. The number of rotatable bonds is 8. The first-order chi connectivity index (χ1) is 9.42. The van der Waals surface area contributed by atoms with Crippen molar-refractivity contribution in [3.8, 4) is 0 Å². The van der Waals surface area contributed by atoms with Gasteiger partial charge in [-0.25, -0.2) is 13.1 Å². The van der Waals surface area contributed by atoms with Crippen molar-refractivity contribution >= 4 is 10.0 Å². The number of benzene rings is 1. The zero-order chi connectivity index (χ0) is 15.2. The Morgan fingerprint density at radius 2 is 1.70 bits per heavy atom. The Labute approximate surface area is 123 Å². The number of nitrogens with one attached hydrogen (secondary N) is 2. The van der Waals surface area contributed by atoms with Crippen LogP contribution in [0.25, 0.3) is 0 Å². The lowest BCUT2D eigenvalue weighted by Crippen LogP contribution is -2.25. The Bertz CT molecular complexity index is 539. The molecule has 0 heterocycles. The highest BCUT2D eigenvalue weighted by molar-refractivity contribution is 7.89. The van der Waals surface area contributed by atoms with Gasteiger partial charge in [0.05, 0.1) is 4.90 Å². The Kier molecular flexibility index (Phi) is 6.65. The lowest BCUT2D eigenvalue weighted by molar-refractivity contribution is 0.579. The van der Waals surface area contributed by atoms with Crippen LogP contribution in [-0.4, -0.2) is 21.5 Å². The van der Waals surface area contributed by atoms with E-state index in [2.05, 4.69) is 23.0 Å². The zero-order valence-corrected chi connectivity index (χ0v) is 13.7. The minimum atomic E-state index is -3.41. The molecule has 0 aliphatic carbocycles. The molecule has 0 aromatic heterocycles. The molecule has 4 nitrogen and oxygen atoms in total. The van der Waals surface area contributed by atoms with Crippen molar-refractivity contribution < 1.29 is 8.42 Å². The Morgan fingerprint density at radius 3 is 2.30 bits per heavy atom. The van der Waals surface area contributed by atoms with Gasteiger partial charge in [-0.1, -0.05) is 19.9 Å². The molecule has 0 unspecified atom stereocenters. The fourth-order valence-electron chi connectivity index (χ4n) is 2.00. The van der Waals surface area contributed by atoms with Gasteiger partial charge in [-0.2, -0.15) is 0 Å². The molecule has 0 saturated heterocycles. The van der Waals surface area contributed by atoms with Crippen LogP contribution in [0.15, 0.2) is 17.0 Å². The number of hydrogen-bond donors (Lipinski definition) is 2. The quantitative estimate of drug-likeness (QED) is 0.725. The molecule has 1 aromatic rings. The van der Waals surface area contributed by atoms with E-state index in [-0.39, 0.29) is 0 Å². The third-order valence-electron chi connectivity index (χ3n) is 3.27. The standard InChI is InChI=1S/C15H26N2O2S/c1-5-7-16-11-14-9-12(3)13(4)15(10-14)20(18,19)17-8-6-2/h9-10,16-17H,5-8,11H2,1-4H3. The van der Waals surface area contributed by atoms with E-state index in [9.17, 15) is 8.42 Å².